The van der Waals surface area contributed by atoms with Gasteiger partial charge in [-0.1, -0.05) is 25.1 Å². The van der Waals surface area contributed by atoms with Gasteiger partial charge in [-0.3, -0.25) is 4.79 Å². The van der Waals surface area contributed by atoms with Gasteiger partial charge in [-0.15, -0.1) is 0 Å². The Labute approximate surface area is 197 Å². The first-order chi connectivity index (χ1) is 15.5. The minimum atomic E-state index is -3.59. The first-order valence-corrected chi connectivity index (χ1v) is 13.1. The van der Waals surface area contributed by atoms with Crippen LogP contribution < -0.4 is 5.32 Å². The molecule has 3 rings (SSSR count). The number of benzene rings is 1. The summed E-state index contributed by atoms with van der Waals surface area (Å²) < 4.78 is 33.6. The number of hydrogen-bond acceptors (Lipinski definition) is 6. The van der Waals surface area contributed by atoms with Crippen molar-refractivity contribution in [1.82, 2.24) is 19.8 Å². The number of carbonyl (C=O) groups excluding carboxylic acids is 1. The number of amides is 1. The molecule has 1 aromatic carbocycles. The molecule has 2 aromatic rings. The van der Waals surface area contributed by atoms with Crippen LogP contribution in [0, 0.1) is 33.6 Å². The lowest BCUT2D eigenvalue weighted by Crippen LogP contribution is -2.43. The smallest absolute Gasteiger partial charge is 0.243 e. The highest BCUT2D eigenvalue weighted by atomic mass is 32.2. The van der Waals surface area contributed by atoms with Crippen molar-refractivity contribution < 1.29 is 17.7 Å². The van der Waals surface area contributed by atoms with E-state index in [0.29, 0.717) is 61.9 Å². The summed E-state index contributed by atoms with van der Waals surface area (Å²) in [4.78, 5) is 17.4. The van der Waals surface area contributed by atoms with Gasteiger partial charge in [0.05, 0.1) is 4.90 Å². The molecule has 0 bridgehead atoms. The van der Waals surface area contributed by atoms with E-state index < -0.39 is 10.0 Å². The van der Waals surface area contributed by atoms with E-state index >= 15 is 0 Å². The number of aryl methyl sites for hydroxylation is 3. The molecule has 33 heavy (non-hydrogen) atoms. The van der Waals surface area contributed by atoms with Crippen LogP contribution in [0.25, 0.3) is 0 Å². The molecule has 1 aromatic heterocycles. The molecule has 1 N–H and O–H groups in total. The number of aromatic nitrogens is 2. The highest BCUT2D eigenvalue weighted by Crippen LogP contribution is 2.31. The number of sulfonamides is 1. The molecule has 9 heteroatoms. The zero-order chi connectivity index (χ0) is 24.3. The van der Waals surface area contributed by atoms with E-state index in [1.807, 2.05) is 47.6 Å². The van der Waals surface area contributed by atoms with Gasteiger partial charge in [0.2, 0.25) is 21.8 Å². The maximum atomic E-state index is 13.4. The molecule has 8 nitrogen and oxygen atoms in total. The lowest BCUT2D eigenvalue weighted by molar-refractivity contribution is -0.126. The molecule has 0 unspecified atom stereocenters. The quantitative estimate of drug-likeness (QED) is 0.584. The molecule has 182 valence electrons. The summed E-state index contributed by atoms with van der Waals surface area (Å²) in [6.07, 6.45) is 2.37. The van der Waals surface area contributed by atoms with E-state index in [1.165, 1.54) is 4.31 Å². The van der Waals surface area contributed by atoms with Crippen LogP contribution in [0.5, 0.6) is 0 Å². The van der Waals surface area contributed by atoms with Gasteiger partial charge in [0, 0.05) is 37.9 Å². The number of piperidine rings is 1. The monoisotopic (exact) mass is 476 g/mol. The fourth-order valence-electron chi connectivity index (χ4n) is 4.25. The second kappa shape index (κ2) is 10.3. The highest BCUT2D eigenvalue weighted by Gasteiger charge is 2.34. The summed E-state index contributed by atoms with van der Waals surface area (Å²) >= 11 is 0. The minimum absolute atomic E-state index is 0.0146. The van der Waals surface area contributed by atoms with Gasteiger partial charge in [-0.25, -0.2) is 8.42 Å². The molecular formula is C24H36N4O4S. The lowest BCUT2D eigenvalue weighted by atomic mass is 9.97. The van der Waals surface area contributed by atoms with Crippen LogP contribution in [0.2, 0.25) is 0 Å². The van der Waals surface area contributed by atoms with Crippen LogP contribution in [-0.4, -0.2) is 48.4 Å². The summed E-state index contributed by atoms with van der Waals surface area (Å²) in [7, 11) is -3.59. The number of nitrogens with zero attached hydrogens (tertiary/aromatic N) is 3. The van der Waals surface area contributed by atoms with Crippen LogP contribution in [0.15, 0.2) is 15.5 Å². The van der Waals surface area contributed by atoms with E-state index in [-0.39, 0.29) is 17.7 Å². The van der Waals surface area contributed by atoms with E-state index in [1.54, 1.807) is 0 Å². The zero-order valence-corrected chi connectivity index (χ0v) is 21.4. The molecule has 0 radical (unpaired) electrons. The Morgan fingerprint density at radius 3 is 2.30 bits per heavy atom. The van der Waals surface area contributed by atoms with Crippen molar-refractivity contribution in [3.63, 3.8) is 0 Å². The topological polar surface area (TPSA) is 105 Å². The van der Waals surface area contributed by atoms with E-state index in [9.17, 15) is 13.2 Å². The van der Waals surface area contributed by atoms with Gasteiger partial charge in [0.25, 0.3) is 0 Å². The maximum absolute atomic E-state index is 13.4. The Balaban J connectivity index is 1.51. The second-order valence-corrected chi connectivity index (χ2v) is 11.2. The number of rotatable bonds is 8. The first-order valence-electron chi connectivity index (χ1n) is 11.7. The maximum Gasteiger partial charge on any atom is 0.243 e. The summed E-state index contributed by atoms with van der Waals surface area (Å²) in [5.41, 5.74) is 3.57. The van der Waals surface area contributed by atoms with Crippen molar-refractivity contribution in [2.45, 2.75) is 78.0 Å². The van der Waals surface area contributed by atoms with E-state index in [4.69, 9.17) is 4.52 Å². The largest absolute Gasteiger partial charge is 0.356 e. The van der Waals surface area contributed by atoms with Crippen LogP contribution in [0.1, 0.15) is 73.0 Å². The third-order valence-electron chi connectivity index (χ3n) is 6.59. The molecule has 1 aliphatic heterocycles. The van der Waals surface area contributed by atoms with Crippen LogP contribution >= 0.6 is 0 Å². The Bertz CT molecular complexity index is 1070. The van der Waals surface area contributed by atoms with Gasteiger partial charge in [0.15, 0.2) is 5.82 Å². The third kappa shape index (κ3) is 5.63. The molecule has 0 saturated carbocycles. The summed E-state index contributed by atoms with van der Waals surface area (Å²) in [5, 5.41) is 6.92. The average Bonchev–Trinajstić information content (AvgIpc) is 3.25. The molecule has 1 aliphatic rings. The second-order valence-electron chi connectivity index (χ2n) is 9.36. The number of carbonyl (C=O) groups is 1. The van der Waals surface area contributed by atoms with Gasteiger partial charge >= 0.3 is 0 Å². The SMILES string of the molecule is Cc1cc(C)c(C)c(S(=O)(=O)N2CCC(C(=O)NCCCc3nc(C(C)C)no3)CC2)c1C. The van der Waals surface area contributed by atoms with Crippen LogP contribution in [-0.2, 0) is 21.2 Å². The normalized spacial score (nSPS) is 15.8. The Morgan fingerprint density at radius 2 is 1.76 bits per heavy atom. The third-order valence-corrected chi connectivity index (χ3v) is 8.76. The molecule has 1 amide bonds. The molecular weight excluding hydrogens is 440 g/mol. The predicted molar refractivity (Wildman–Crippen MR) is 127 cm³/mol. The Hall–Kier alpha value is -2.26. The van der Waals surface area contributed by atoms with Crippen molar-refractivity contribution in [3.8, 4) is 0 Å². The van der Waals surface area contributed by atoms with Gasteiger partial charge in [-0.2, -0.15) is 9.29 Å². The standard InChI is InChI=1S/C24H36N4O4S/c1-15(2)23-26-21(32-27-23)8-7-11-25-24(29)20-9-12-28(13-10-20)33(30,31)22-18(5)16(3)14-17(4)19(22)6/h14-15,20H,7-13H2,1-6H3,(H,25,29). The molecule has 1 saturated heterocycles. The molecule has 0 spiro atoms. The number of nitrogens with one attached hydrogen (secondary N) is 1. The lowest BCUT2D eigenvalue weighted by Gasteiger charge is -2.31. The minimum Gasteiger partial charge on any atom is -0.356 e. The Kier molecular flexibility index (Phi) is 7.95. The molecule has 0 aliphatic carbocycles. The van der Waals surface area contributed by atoms with E-state index in [0.717, 1.165) is 22.3 Å². The fraction of sp³-hybridized carbons (Fsp3) is 0.625. The fourth-order valence-corrected chi connectivity index (χ4v) is 6.30. The molecule has 2 heterocycles. The van der Waals surface area contributed by atoms with E-state index in [2.05, 4.69) is 15.5 Å². The van der Waals surface area contributed by atoms with Crippen molar-refractivity contribution in [1.29, 1.82) is 0 Å². The average molecular weight is 477 g/mol. The van der Waals surface area contributed by atoms with Crippen LogP contribution in [0.4, 0.5) is 0 Å². The first kappa shape index (κ1) is 25.4. The zero-order valence-electron chi connectivity index (χ0n) is 20.6. The van der Waals surface area contributed by atoms with Gasteiger partial charge in [0.1, 0.15) is 0 Å². The predicted octanol–water partition coefficient (Wildman–Crippen LogP) is 3.58. The molecule has 1 fully saturated rings. The van der Waals surface area contributed by atoms with Crippen molar-refractivity contribution in [2.75, 3.05) is 19.6 Å². The summed E-state index contributed by atoms with van der Waals surface area (Å²) in [5.74, 6) is 1.32. The highest BCUT2D eigenvalue weighted by molar-refractivity contribution is 7.89. The van der Waals surface area contributed by atoms with Crippen LogP contribution in [0.3, 0.4) is 0 Å². The summed E-state index contributed by atoms with van der Waals surface area (Å²) in [6.45, 7) is 12.9. The Morgan fingerprint density at radius 1 is 1.15 bits per heavy atom. The van der Waals surface area contributed by atoms with Crippen molar-refractivity contribution in [2.24, 2.45) is 5.92 Å². The van der Waals surface area contributed by atoms with Gasteiger partial charge < -0.3 is 9.84 Å². The number of hydrogen-bond donors (Lipinski definition) is 1. The van der Waals surface area contributed by atoms with Crippen molar-refractivity contribution >= 4 is 15.9 Å². The van der Waals surface area contributed by atoms with Gasteiger partial charge in [-0.05, 0) is 69.2 Å². The van der Waals surface area contributed by atoms with Crippen molar-refractivity contribution in [3.05, 3.63) is 40.0 Å². The summed E-state index contributed by atoms with van der Waals surface area (Å²) in [6, 6.07) is 2.03. The molecule has 0 atom stereocenters.